The lowest BCUT2D eigenvalue weighted by molar-refractivity contribution is -0.137. The van der Waals surface area contributed by atoms with Crippen molar-refractivity contribution in [2.45, 2.75) is 30.2 Å². The molecule has 1 heterocycles. The van der Waals surface area contributed by atoms with Gasteiger partial charge in [-0.25, -0.2) is 0 Å². The Balaban J connectivity index is 2.19. The largest absolute Gasteiger partial charge is 0.416 e. The molecule has 1 saturated heterocycles. The highest BCUT2D eigenvalue weighted by molar-refractivity contribution is 8.00. The van der Waals surface area contributed by atoms with Crippen molar-refractivity contribution in [1.82, 2.24) is 0 Å². The molecule has 1 atom stereocenters. The first kappa shape index (κ1) is 13.7. The van der Waals surface area contributed by atoms with E-state index in [1.54, 1.807) is 17.8 Å². The second kappa shape index (κ2) is 5.13. The molecular weight excluding hydrogens is 259 g/mol. The van der Waals surface area contributed by atoms with Crippen LogP contribution in [0.15, 0.2) is 24.3 Å². The molecule has 0 saturated carbocycles. The average molecular weight is 275 g/mol. The summed E-state index contributed by atoms with van der Waals surface area (Å²) in [6.45, 7) is 0.522. The molecule has 0 amide bonds. The zero-order valence-corrected chi connectivity index (χ0v) is 10.8. The van der Waals surface area contributed by atoms with E-state index < -0.39 is 11.7 Å². The van der Waals surface area contributed by atoms with Crippen LogP contribution in [0.25, 0.3) is 0 Å². The molecule has 1 fully saturated rings. The van der Waals surface area contributed by atoms with Gasteiger partial charge >= 0.3 is 6.18 Å². The van der Waals surface area contributed by atoms with Gasteiger partial charge in [0.2, 0.25) is 0 Å². The summed E-state index contributed by atoms with van der Waals surface area (Å²) in [5, 5.41) is 0. The third-order valence-electron chi connectivity index (χ3n) is 3.34. The molecule has 2 rings (SSSR count). The maximum absolute atomic E-state index is 12.6. The molecule has 2 N–H and O–H groups in total. The molecule has 0 spiro atoms. The van der Waals surface area contributed by atoms with Crippen LogP contribution in [0.2, 0.25) is 0 Å². The maximum Gasteiger partial charge on any atom is 0.416 e. The van der Waals surface area contributed by atoms with Crippen LogP contribution in [0.5, 0.6) is 0 Å². The van der Waals surface area contributed by atoms with Crippen LogP contribution in [-0.4, -0.2) is 17.0 Å². The van der Waals surface area contributed by atoms with E-state index in [-0.39, 0.29) is 4.75 Å². The van der Waals surface area contributed by atoms with Gasteiger partial charge in [0.25, 0.3) is 0 Å². The van der Waals surface area contributed by atoms with Crippen molar-refractivity contribution in [3.63, 3.8) is 0 Å². The SMILES string of the molecule is NCC1(Cc2cccc(C(F)(F)F)c2)CCCS1. The number of hydrogen-bond donors (Lipinski definition) is 1. The van der Waals surface area contributed by atoms with Gasteiger partial charge in [-0.2, -0.15) is 24.9 Å². The molecule has 1 aliphatic heterocycles. The van der Waals surface area contributed by atoms with Gasteiger partial charge in [0.05, 0.1) is 5.56 Å². The molecule has 1 aliphatic rings. The number of hydrogen-bond acceptors (Lipinski definition) is 2. The standard InChI is InChI=1S/C13H16F3NS/c14-13(15,16)11-4-1-3-10(7-11)8-12(9-17)5-2-6-18-12/h1,3-4,7H,2,5-6,8-9,17H2. The van der Waals surface area contributed by atoms with Crippen LogP contribution in [0.4, 0.5) is 13.2 Å². The Morgan fingerprint density at radius 2 is 2.11 bits per heavy atom. The minimum absolute atomic E-state index is 0.0653. The van der Waals surface area contributed by atoms with E-state index in [1.807, 2.05) is 0 Å². The van der Waals surface area contributed by atoms with Crippen LogP contribution in [0.1, 0.15) is 24.0 Å². The first-order valence-corrected chi connectivity index (χ1v) is 6.94. The van der Waals surface area contributed by atoms with Gasteiger partial charge in [-0.15, -0.1) is 0 Å². The summed E-state index contributed by atoms with van der Waals surface area (Å²) in [4.78, 5) is 0. The van der Waals surface area contributed by atoms with Crippen molar-refractivity contribution in [3.8, 4) is 0 Å². The Bertz CT molecular complexity index is 411. The number of halogens is 3. The molecule has 0 aliphatic carbocycles. The van der Waals surface area contributed by atoms with Crippen molar-refractivity contribution in [3.05, 3.63) is 35.4 Å². The Hall–Kier alpha value is -0.680. The monoisotopic (exact) mass is 275 g/mol. The fourth-order valence-corrected chi connectivity index (χ4v) is 3.75. The van der Waals surface area contributed by atoms with Gasteiger partial charge in [0.1, 0.15) is 0 Å². The Labute approximate surface area is 109 Å². The summed E-state index contributed by atoms with van der Waals surface area (Å²) >= 11 is 1.79. The lowest BCUT2D eigenvalue weighted by atomic mass is 9.93. The molecule has 1 aromatic rings. The second-order valence-corrected chi connectivity index (χ2v) is 6.28. The number of thioether (sulfide) groups is 1. The molecule has 1 nitrogen and oxygen atoms in total. The normalized spacial score (nSPS) is 24.4. The minimum atomic E-state index is -4.27. The molecular formula is C13H16F3NS. The van der Waals surface area contributed by atoms with Gasteiger partial charge < -0.3 is 5.73 Å². The van der Waals surface area contributed by atoms with E-state index in [4.69, 9.17) is 5.73 Å². The van der Waals surface area contributed by atoms with E-state index in [1.165, 1.54) is 12.1 Å². The molecule has 100 valence electrons. The zero-order valence-electron chi connectivity index (χ0n) is 9.96. The summed E-state index contributed by atoms with van der Waals surface area (Å²) in [5.41, 5.74) is 5.95. The lowest BCUT2D eigenvalue weighted by Crippen LogP contribution is -2.34. The highest BCUT2D eigenvalue weighted by Crippen LogP contribution is 2.40. The van der Waals surface area contributed by atoms with E-state index in [0.29, 0.717) is 13.0 Å². The summed E-state index contributed by atoms with van der Waals surface area (Å²) in [6, 6.07) is 5.59. The summed E-state index contributed by atoms with van der Waals surface area (Å²) in [7, 11) is 0. The molecule has 1 unspecified atom stereocenters. The van der Waals surface area contributed by atoms with Crippen LogP contribution in [0.3, 0.4) is 0 Å². The lowest BCUT2D eigenvalue weighted by Gasteiger charge is -2.26. The third kappa shape index (κ3) is 3.01. The Kier molecular flexibility index (Phi) is 3.92. The molecule has 18 heavy (non-hydrogen) atoms. The average Bonchev–Trinajstić information content (AvgIpc) is 2.77. The first-order valence-electron chi connectivity index (χ1n) is 5.95. The van der Waals surface area contributed by atoms with E-state index in [2.05, 4.69) is 0 Å². The first-order chi connectivity index (χ1) is 8.45. The van der Waals surface area contributed by atoms with Crippen LogP contribution in [0, 0.1) is 0 Å². The topological polar surface area (TPSA) is 26.0 Å². The molecule has 5 heteroatoms. The minimum Gasteiger partial charge on any atom is -0.329 e. The van der Waals surface area contributed by atoms with Crippen molar-refractivity contribution >= 4 is 11.8 Å². The predicted octanol–water partition coefficient (Wildman–Crippen LogP) is 3.47. The zero-order chi connectivity index (χ0) is 13.2. The molecule has 0 radical (unpaired) electrons. The molecule has 1 aromatic carbocycles. The van der Waals surface area contributed by atoms with Gasteiger partial charge in [-0.3, -0.25) is 0 Å². The van der Waals surface area contributed by atoms with Gasteiger partial charge in [-0.1, -0.05) is 18.2 Å². The number of nitrogens with two attached hydrogens (primary N) is 1. The van der Waals surface area contributed by atoms with Crippen LogP contribution in [-0.2, 0) is 12.6 Å². The third-order valence-corrected chi connectivity index (χ3v) is 4.96. The van der Waals surface area contributed by atoms with E-state index >= 15 is 0 Å². The highest BCUT2D eigenvalue weighted by Gasteiger charge is 2.35. The quantitative estimate of drug-likeness (QED) is 0.914. The van der Waals surface area contributed by atoms with Crippen molar-refractivity contribution < 1.29 is 13.2 Å². The number of alkyl halides is 3. The molecule has 0 bridgehead atoms. The van der Waals surface area contributed by atoms with Gasteiger partial charge in [0.15, 0.2) is 0 Å². The highest BCUT2D eigenvalue weighted by atomic mass is 32.2. The van der Waals surface area contributed by atoms with Gasteiger partial charge in [0, 0.05) is 11.3 Å². The van der Waals surface area contributed by atoms with Crippen molar-refractivity contribution in [1.29, 1.82) is 0 Å². The predicted molar refractivity (Wildman–Crippen MR) is 68.6 cm³/mol. The maximum atomic E-state index is 12.6. The fraction of sp³-hybridized carbons (Fsp3) is 0.538. The second-order valence-electron chi connectivity index (χ2n) is 4.71. The van der Waals surface area contributed by atoms with E-state index in [9.17, 15) is 13.2 Å². The van der Waals surface area contributed by atoms with Crippen LogP contribution >= 0.6 is 11.8 Å². The summed E-state index contributed by atoms with van der Waals surface area (Å²) in [6.07, 6.45) is -1.56. The van der Waals surface area contributed by atoms with Crippen molar-refractivity contribution in [2.24, 2.45) is 5.73 Å². The Morgan fingerprint density at radius 3 is 2.67 bits per heavy atom. The smallest absolute Gasteiger partial charge is 0.329 e. The Morgan fingerprint density at radius 1 is 1.33 bits per heavy atom. The summed E-state index contributed by atoms with van der Waals surface area (Å²) in [5.74, 6) is 1.05. The molecule has 0 aromatic heterocycles. The van der Waals surface area contributed by atoms with E-state index in [0.717, 1.165) is 30.2 Å². The van der Waals surface area contributed by atoms with Crippen LogP contribution < -0.4 is 5.73 Å². The fourth-order valence-electron chi connectivity index (χ4n) is 2.36. The van der Waals surface area contributed by atoms with Gasteiger partial charge in [-0.05, 0) is 36.6 Å². The number of rotatable bonds is 3. The van der Waals surface area contributed by atoms with Crippen molar-refractivity contribution in [2.75, 3.05) is 12.3 Å². The number of benzene rings is 1. The summed E-state index contributed by atoms with van der Waals surface area (Å²) < 4.78 is 37.8.